The van der Waals surface area contributed by atoms with Crippen LogP contribution in [-0.2, 0) is 105 Å². The number of H-pyrrole nitrogens is 1. The maximum absolute atomic E-state index is 10.2. The van der Waals surface area contributed by atoms with Crippen molar-refractivity contribution < 1.29 is 108 Å². The van der Waals surface area contributed by atoms with E-state index in [1.807, 2.05) is 0 Å². The summed E-state index contributed by atoms with van der Waals surface area (Å²) >= 11 is 0. The van der Waals surface area contributed by atoms with Gasteiger partial charge in [0.25, 0.3) is 0 Å². The van der Waals surface area contributed by atoms with Gasteiger partial charge in [-0.05, 0) is 6.92 Å². The molecule has 63 valence electrons. The number of aldehydes is 1. The molecule has 0 bridgehead atoms. The quantitative estimate of drug-likeness (QED) is 0.680. The largest absolute Gasteiger partial charge is 0.390 e. The molecule has 7 heteroatoms. The number of carbonyl (C=O) groups excluding carboxylic acids is 1. The van der Waals surface area contributed by atoms with Crippen LogP contribution in [0.25, 0.3) is 0 Å². The molecule has 1 aromatic rings. The molecule has 0 aliphatic rings. The van der Waals surface area contributed by atoms with Crippen LogP contribution in [0.3, 0.4) is 0 Å². The zero-order valence-corrected chi connectivity index (χ0v) is 15.8. The van der Waals surface area contributed by atoms with Gasteiger partial charge >= 0.3 is 0 Å². The predicted molar refractivity (Wildman–Crippen MR) is 34.6 cm³/mol. The molecule has 4 nitrogen and oxygen atoms in total. The van der Waals surface area contributed by atoms with E-state index in [9.17, 15) is 4.79 Å². The molecule has 0 aromatic carbocycles. The van der Waals surface area contributed by atoms with Gasteiger partial charge in [-0.15, -0.1) is 0 Å². The van der Waals surface area contributed by atoms with Gasteiger partial charge in [0, 0.05) is 104 Å². The van der Waals surface area contributed by atoms with E-state index < -0.39 is 0 Å². The van der Waals surface area contributed by atoms with E-state index in [1.165, 1.54) is 0 Å². The first-order chi connectivity index (χ1) is 4.79. The van der Waals surface area contributed by atoms with Crippen LogP contribution in [0, 0.1) is 6.92 Å². The summed E-state index contributed by atoms with van der Waals surface area (Å²) in [5.74, 6) is 0. The van der Waals surface area contributed by atoms with Crippen molar-refractivity contribution in [2.24, 2.45) is 0 Å². The van der Waals surface area contributed by atoms with E-state index in [4.69, 9.17) is 5.11 Å². The Morgan fingerprint density at radius 1 is 1.46 bits per heavy atom. The van der Waals surface area contributed by atoms with Crippen LogP contribution < -0.4 is 0 Å². The minimum Gasteiger partial charge on any atom is -0.390 e. The number of nitrogens with one attached hydrogen (secondary N) is 1. The Morgan fingerprint density at radius 2 is 2.00 bits per heavy atom. The Morgan fingerprint density at radius 3 is 2.23 bits per heavy atom. The van der Waals surface area contributed by atoms with Crippen molar-refractivity contribution in [2.45, 2.75) is 13.5 Å². The number of rotatable bonds is 2. The molecule has 1 heterocycles. The molecular formula is C6H8N2O2Y3. The van der Waals surface area contributed by atoms with Crippen molar-refractivity contribution in [3.8, 4) is 0 Å². The molecule has 0 aliphatic carbocycles. The van der Waals surface area contributed by atoms with Gasteiger partial charge in [0.05, 0.1) is 12.3 Å². The first kappa shape index (κ1) is 20.5. The molecule has 0 atom stereocenters. The molecular weight excluding hydrogens is 399 g/mol. The van der Waals surface area contributed by atoms with Gasteiger partial charge in [-0.25, -0.2) is 0 Å². The number of carbonyl (C=O) groups is 1. The first-order valence-electron chi connectivity index (χ1n) is 2.89. The molecule has 3 radical (unpaired) electrons. The third-order valence-electron chi connectivity index (χ3n) is 1.42. The van der Waals surface area contributed by atoms with Crippen molar-refractivity contribution in [3.05, 3.63) is 17.0 Å². The second-order valence-electron chi connectivity index (χ2n) is 1.99. The SMILES string of the molecule is Cc1c(C=O)n[nH]c1CO.[Y].[Y].[Y]. The molecule has 0 saturated heterocycles. The first-order valence-corrected chi connectivity index (χ1v) is 2.89. The van der Waals surface area contributed by atoms with Gasteiger partial charge in [-0.2, -0.15) is 5.10 Å². The third kappa shape index (κ3) is 5.70. The van der Waals surface area contributed by atoms with Gasteiger partial charge in [-0.3, -0.25) is 9.89 Å². The van der Waals surface area contributed by atoms with Gasteiger partial charge < -0.3 is 5.11 Å². The molecule has 1 aromatic heterocycles. The zero-order valence-electron chi connectivity index (χ0n) is 7.32. The second kappa shape index (κ2) is 10.7. The summed E-state index contributed by atoms with van der Waals surface area (Å²) < 4.78 is 0. The summed E-state index contributed by atoms with van der Waals surface area (Å²) in [6, 6.07) is 0. The molecule has 0 unspecified atom stereocenters. The van der Waals surface area contributed by atoms with Crippen molar-refractivity contribution in [1.82, 2.24) is 10.2 Å². The van der Waals surface area contributed by atoms with Crippen LogP contribution in [0.4, 0.5) is 0 Å². The number of aliphatic hydroxyl groups is 1. The summed E-state index contributed by atoms with van der Waals surface area (Å²) in [5.41, 5.74) is 1.68. The van der Waals surface area contributed by atoms with Crippen LogP contribution in [0.2, 0.25) is 0 Å². The Labute approximate surface area is 152 Å². The normalized spacial score (nSPS) is 7.54. The van der Waals surface area contributed by atoms with Crippen LogP contribution in [-0.4, -0.2) is 21.6 Å². The maximum atomic E-state index is 10.2. The van der Waals surface area contributed by atoms with Gasteiger partial charge in [0.2, 0.25) is 0 Å². The van der Waals surface area contributed by atoms with E-state index in [1.54, 1.807) is 6.92 Å². The number of hydrogen-bond donors (Lipinski definition) is 2. The van der Waals surface area contributed by atoms with Crippen molar-refractivity contribution in [2.75, 3.05) is 0 Å². The fraction of sp³-hybridized carbons (Fsp3) is 0.333. The maximum Gasteiger partial charge on any atom is 0.170 e. The monoisotopic (exact) mass is 407 g/mol. The smallest absolute Gasteiger partial charge is 0.170 e. The van der Waals surface area contributed by atoms with Gasteiger partial charge in [-0.1, -0.05) is 0 Å². The van der Waals surface area contributed by atoms with Crippen LogP contribution in [0.1, 0.15) is 21.7 Å². The summed E-state index contributed by atoms with van der Waals surface area (Å²) in [6.45, 7) is 1.63. The summed E-state index contributed by atoms with van der Waals surface area (Å²) in [5, 5.41) is 14.8. The molecule has 0 saturated carbocycles. The predicted octanol–water partition coefficient (Wildman–Crippen LogP) is 0.0154. The number of nitrogens with zero attached hydrogens (tertiary/aromatic N) is 1. The average Bonchev–Trinajstić information content (AvgIpc) is 2.30. The Balaban J connectivity index is -0.000000333. The summed E-state index contributed by atoms with van der Waals surface area (Å²) in [7, 11) is 0. The standard InChI is InChI=1S/C6H8N2O2.3Y/c1-4-5(2-9)7-8-6(4)3-10;;;/h2,10H,3H2,1H3,(H,7,8);;;. The Bertz CT molecular complexity index is 252. The molecule has 13 heavy (non-hydrogen) atoms. The molecule has 2 N–H and O–H groups in total. The molecule has 0 fully saturated rings. The fourth-order valence-corrected chi connectivity index (χ4v) is 0.719. The van der Waals surface area contributed by atoms with E-state index in [2.05, 4.69) is 10.2 Å². The topological polar surface area (TPSA) is 66.0 Å². The van der Waals surface area contributed by atoms with Crippen LogP contribution in [0.5, 0.6) is 0 Å². The fourth-order valence-electron chi connectivity index (χ4n) is 0.719. The molecule has 1 rings (SSSR count). The van der Waals surface area contributed by atoms with Gasteiger partial charge in [0.1, 0.15) is 5.69 Å². The number of aliphatic hydroxyl groups excluding tert-OH is 1. The van der Waals surface area contributed by atoms with E-state index in [0.717, 1.165) is 5.56 Å². The van der Waals surface area contributed by atoms with E-state index in [0.29, 0.717) is 17.7 Å². The van der Waals surface area contributed by atoms with Crippen molar-refractivity contribution >= 4 is 6.29 Å². The Kier molecular flexibility index (Phi) is 16.9. The van der Waals surface area contributed by atoms with Crippen LogP contribution in [0.15, 0.2) is 0 Å². The van der Waals surface area contributed by atoms with E-state index in [-0.39, 0.29) is 105 Å². The molecule has 0 spiro atoms. The summed E-state index contributed by atoms with van der Waals surface area (Å²) in [6.07, 6.45) is 0.658. The van der Waals surface area contributed by atoms with Crippen molar-refractivity contribution in [1.29, 1.82) is 0 Å². The molecule has 0 amide bonds. The minimum absolute atomic E-state index is 0. The Hall–Kier alpha value is 2.15. The third-order valence-corrected chi connectivity index (χ3v) is 1.42. The van der Waals surface area contributed by atoms with Crippen LogP contribution >= 0.6 is 0 Å². The van der Waals surface area contributed by atoms with E-state index >= 15 is 0 Å². The summed E-state index contributed by atoms with van der Waals surface area (Å²) in [4.78, 5) is 10.2. The molecule has 0 aliphatic heterocycles. The second-order valence-corrected chi connectivity index (χ2v) is 1.99. The van der Waals surface area contributed by atoms with Crippen molar-refractivity contribution in [3.63, 3.8) is 0 Å². The number of aromatic amines is 1. The number of hydrogen-bond acceptors (Lipinski definition) is 3. The average molecular weight is 407 g/mol. The number of aromatic nitrogens is 2. The minimum atomic E-state index is -0.104. The van der Waals surface area contributed by atoms with Gasteiger partial charge in [0.15, 0.2) is 6.29 Å². The zero-order chi connectivity index (χ0) is 7.56.